The molecule has 9 heteroatoms. The van der Waals surface area contributed by atoms with Crippen LogP contribution in [0.15, 0.2) is 11.1 Å². The lowest BCUT2D eigenvalue weighted by molar-refractivity contribution is 0.592. The van der Waals surface area contributed by atoms with Crippen LogP contribution in [-0.2, 0) is 10.0 Å². The fourth-order valence-corrected chi connectivity index (χ4v) is 1.98. The third-order valence-corrected chi connectivity index (χ3v) is 2.79. The zero-order valence-electron chi connectivity index (χ0n) is 7.63. The minimum Gasteiger partial charge on any atom is -0.368 e. The largest absolute Gasteiger partial charge is 0.368 e. The van der Waals surface area contributed by atoms with Crippen LogP contribution >= 0.6 is 0 Å². The number of nitrogens with one attached hydrogen (secondary N) is 1. The van der Waals surface area contributed by atoms with E-state index in [9.17, 15) is 13.2 Å². The Bertz CT molecular complexity index is 682. The van der Waals surface area contributed by atoms with Crippen molar-refractivity contribution in [1.82, 2.24) is 18.9 Å². The molecule has 0 aliphatic carbocycles. The van der Waals surface area contributed by atoms with Gasteiger partial charge in [0.05, 0.1) is 12.6 Å². The maximum absolute atomic E-state index is 11.6. The minimum atomic E-state index is -3.76. The number of hydrogen-bond donors (Lipinski definition) is 2. The molecule has 2 aromatic heterocycles. The quantitative estimate of drug-likeness (QED) is 0.613. The Labute approximate surface area is 83.8 Å². The van der Waals surface area contributed by atoms with Gasteiger partial charge < -0.3 is 10.7 Å². The summed E-state index contributed by atoms with van der Waals surface area (Å²) in [5, 5.41) is 0. The Kier molecular flexibility index (Phi) is 1.80. The maximum atomic E-state index is 11.6. The zero-order chi connectivity index (χ0) is 11.2. The smallest absolute Gasteiger partial charge is 0.294 e. The number of aromatic amines is 1. The predicted molar refractivity (Wildman–Crippen MR) is 52.8 cm³/mol. The second-order valence-corrected chi connectivity index (χ2v) is 4.73. The van der Waals surface area contributed by atoms with Gasteiger partial charge in [-0.3, -0.25) is 4.79 Å². The van der Waals surface area contributed by atoms with Gasteiger partial charge in [0.15, 0.2) is 11.2 Å². The summed E-state index contributed by atoms with van der Waals surface area (Å²) in [6.45, 7) is 0. The van der Waals surface area contributed by atoms with Crippen LogP contribution in [0.2, 0.25) is 0 Å². The van der Waals surface area contributed by atoms with E-state index in [2.05, 4.69) is 15.0 Å². The van der Waals surface area contributed by atoms with Gasteiger partial charge in [0.2, 0.25) is 16.0 Å². The van der Waals surface area contributed by atoms with Crippen molar-refractivity contribution in [2.75, 3.05) is 12.0 Å². The van der Waals surface area contributed by atoms with E-state index in [4.69, 9.17) is 5.73 Å². The second kappa shape index (κ2) is 2.79. The number of anilines is 1. The highest BCUT2D eigenvalue weighted by molar-refractivity contribution is 7.89. The first-order valence-electron chi connectivity index (χ1n) is 3.83. The fraction of sp³-hybridized carbons (Fsp3) is 0.167. The number of aromatic nitrogens is 4. The average Bonchev–Trinajstić information content (AvgIpc) is 2.48. The summed E-state index contributed by atoms with van der Waals surface area (Å²) in [6.07, 6.45) is 2.11. The lowest BCUT2D eigenvalue weighted by Crippen LogP contribution is -2.30. The summed E-state index contributed by atoms with van der Waals surface area (Å²) in [5.74, 6) is -0.401. The van der Waals surface area contributed by atoms with Crippen LogP contribution in [0.5, 0.6) is 0 Å². The fourth-order valence-electron chi connectivity index (χ4n) is 1.21. The molecule has 0 radical (unpaired) electrons. The van der Waals surface area contributed by atoms with Gasteiger partial charge in [-0.1, -0.05) is 0 Å². The molecular formula is C6H7N5O3S. The summed E-state index contributed by atoms with van der Waals surface area (Å²) < 4.78 is 22.9. The number of hydrogen-bond acceptors (Lipinski definition) is 6. The summed E-state index contributed by atoms with van der Waals surface area (Å²) in [6, 6.07) is 0. The number of rotatable bonds is 1. The average molecular weight is 229 g/mol. The molecule has 0 amide bonds. The van der Waals surface area contributed by atoms with Gasteiger partial charge >= 0.3 is 0 Å². The molecule has 15 heavy (non-hydrogen) atoms. The standard InChI is InChI=1S/C6H7N5O3S/c1-15(13,14)11-5(12)3-4(9-2-8-3)10-6(11)7/h2H,1H3,(H2,7,10)(H,8,9). The molecule has 80 valence electrons. The van der Waals surface area contributed by atoms with Crippen molar-refractivity contribution >= 4 is 27.1 Å². The van der Waals surface area contributed by atoms with E-state index in [0.29, 0.717) is 3.97 Å². The molecule has 0 saturated carbocycles. The number of nitrogen functional groups attached to an aromatic ring is 1. The van der Waals surface area contributed by atoms with Crippen LogP contribution in [0.4, 0.5) is 5.95 Å². The molecule has 0 saturated heterocycles. The topological polar surface area (TPSA) is 124 Å². The summed E-state index contributed by atoms with van der Waals surface area (Å²) in [5.41, 5.74) is 4.68. The molecule has 0 aromatic carbocycles. The Morgan fingerprint density at radius 3 is 2.80 bits per heavy atom. The van der Waals surface area contributed by atoms with Crippen molar-refractivity contribution in [3.05, 3.63) is 16.7 Å². The Balaban J connectivity index is 3.04. The highest BCUT2D eigenvalue weighted by Crippen LogP contribution is 2.05. The second-order valence-electron chi connectivity index (χ2n) is 2.90. The molecule has 2 heterocycles. The Morgan fingerprint density at radius 2 is 2.20 bits per heavy atom. The summed E-state index contributed by atoms with van der Waals surface area (Å²) in [4.78, 5) is 21.5. The van der Waals surface area contributed by atoms with E-state index in [1.807, 2.05) is 0 Å². The third-order valence-electron chi connectivity index (χ3n) is 1.78. The van der Waals surface area contributed by atoms with Gasteiger partial charge in [0.25, 0.3) is 5.56 Å². The van der Waals surface area contributed by atoms with Crippen LogP contribution in [0.3, 0.4) is 0 Å². The van der Waals surface area contributed by atoms with E-state index in [1.54, 1.807) is 0 Å². The molecular weight excluding hydrogens is 222 g/mol. The van der Waals surface area contributed by atoms with Crippen LogP contribution < -0.4 is 11.3 Å². The summed E-state index contributed by atoms with van der Waals surface area (Å²) >= 11 is 0. The first-order chi connectivity index (χ1) is 6.91. The van der Waals surface area contributed by atoms with Gasteiger partial charge in [-0.25, -0.2) is 13.4 Å². The zero-order valence-corrected chi connectivity index (χ0v) is 8.45. The molecule has 0 aliphatic rings. The van der Waals surface area contributed by atoms with Crippen LogP contribution in [0, 0.1) is 0 Å². The predicted octanol–water partition coefficient (Wildman–Crippen LogP) is -1.49. The van der Waals surface area contributed by atoms with Gasteiger partial charge in [-0.2, -0.15) is 8.96 Å². The van der Waals surface area contributed by atoms with Crippen molar-refractivity contribution < 1.29 is 8.42 Å². The molecule has 0 fully saturated rings. The SMILES string of the molecule is CS(=O)(=O)n1c(N)nc2nc[nH]c2c1=O. The van der Waals surface area contributed by atoms with E-state index < -0.39 is 21.5 Å². The van der Waals surface area contributed by atoms with Gasteiger partial charge in [0, 0.05) is 0 Å². The highest BCUT2D eigenvalue weighted by Gasteiger charge is 2.17. The maximum Gasteiger partial charge on any atom is 0.294 e. The van der Waals surface area contributed by atoms with Crippen molar-refractivity contribution in [3.8, 4) is 0 Å². The van der Waals surface area contributed by atoms with E-state index in [0.717, 1.165) is 6.26 Å². The van der Waals surface area contributed by atoms with Crippen molar-refractivity contribution in [2.24, 2.45) is 0 Å². The Morgan fingerprint density at radius 1 is 1.53 bits per heavy atom. The van der Waals surface area contributed by atoms with Gasteiger partial charge in [-0.15, -0.1) is 0 Å². The molecule has 0 unspecified atom stereocenters. The lowest BCUT2D eigenvalue weighted by atomic mass is 10.5. The lowest BCUT2D eigenvalue weighted by Gasteiger charge is -2.04. The molecule has 0 atom stereocenters. The molecule has 0 spiro atoms. The number of nitrogens with zero attached hydrogens (tertiary/aromatic N) is 3. The van der Waals surface area contributed by atoms with Crippen molar-refractivity contribution in [2.45, 2.75) is 0 Å². The number of imidazole rings is 1. The molecule has 0 bridgehead atoms. The molecule has 0 aliphatic heterocycles. The molecule has 3 N–H and O–H groups in total. The third kappa shape index (κ3) is 1.36. The number of H-pyrrole nitrogens is 1. The monoisotopic (exact) mass is 229 g/mol. The van der Waals surface area contributed by atoms with Gasteiger partial charge in [-0.05, 0) is 0 Å². The number of nitrogens with two attached hydrogens (primary N) is 1. The van der Waals surface area contributed by atoms with E-state index in [-0.39, 0.29) is 11.2 Å². The minimum absolute atomic E-state index is 0.00891. The van der Waals surface area contributed by atoms with E-state index in [1.165, 1.54) is 6.33 Å². The van der Waals surface area contributed by atoms with Crippen LogP contribution in [-0.4, -0.2) is 33.6 Å². The van der Waals surface area contributed by atoms with Crippen molar-refractivity contribution in [3.63, 3.8) is 0 Å². The molecule has 2 aromatic rings. The van der Waals surface area contributed by atoms with Crippen molar-refractivity contribution in [1.29, 1.82) is 0 Å². The van der Waals surface area contributed by atoms with Gasteiger partial charge in [0.1, 0.15) is 0 Å². The normalized spacial score (nSPS) is 12.1. The van der Waals surface area contributed by atoms with Crippen LogP contribution in [0.1, 0.15) is 0 Å². The first kappa shape index (κ1) is 9.65. The first-order valence-corrected chi connectivity index (χ1v) is 5.68. The molecule has 2 rings (SSSR count). The highest BCUT2D eigenvalue weighted by atomic mass is 32.2. The Hall–Kier alpha value is -1.90. The number of fused-ring (bicyclic) bond motifs is 1. The molecule has 8 nitrogen and oxygen atoms in total. The summed E-state index contributed by atoms with van der Waals surface area (Å²) in [7, 11) is -3.76. The van der Waals surface area contributed by atoms with Crippen LogP contribution in [0.25, 0.3) is 11.2 Å². The van der Waals surface area contributed by atoms with E-state index >= 15 is 0 Å².